The second-order valence-corrected chi connectivity index (χ2v) is 8.07. The number of ether oxygens (including phenoxy) is 2. The van der Waals surface area contributed by atoms with Crippen molar-refractivity contribution in [2.75, 3.05) is 25.1 Å². The van der Waals surface area contributed by atoms with Crippen LogP contribution in [0.3, 0.4) is 0 Å². The Morgan fingerprint density at radius 1 is 1.00 bits per heavy atom. The number of aliphatic hydroxyl groups is 1. The third kappa shape index (κ3) is 5.50. The van der Waals surface area contributed by atoms with Crippen LogP contribution >= 0.6 is 0 Å². The molecule has 0 radical (unpaired) electrons. The first kappa shape index (κ1) is 21.5. The number of β-amino-alcohol motifs (C(OH)–C–C–N with tert-alkyl or cyclic N) is 1. The summed E-state index contributed by atoms with van der Waals surface area (Å²) in [5.41, 5.74) is 1.34. The van der Waals surface area contributed by atoms with E-state index in [2.05, 4.69) is 5.32 Å². The molecule has 0 aliphatic carbocycles. The highest BCUT2D eigenvalue weighted by Gasteiger charge is 2.40. The van der Waals surface area contributed by atoms with Crippen LogP contribution in [0.25, 0.3) is 0 Å². The molecule has 31 heavy (non-hydrogen) atoms. The van der Waals surface area contributed by atoms with Gasteiger partial charge in [-0.15, -0.1) is 0 Å². The van der Waals surface area contributed by atoms with Crippen molar-refractivity contribution in [3.63, 3.8) is 0 Å². The van der Waals surface area contributed by atoms with Gasteiger partial charge in [0.1, 0.15) is 6.10 Å². The Morgan fingerprint density at radius 3 is 2.45 bits per heavy atom. The molecule has 2 heterocycles. The fourth-order valence-electron chi connectivity index (χ4n) is 4.26. The zero-order chi connectivity index (χ0) is 21.6. The van der Waals surface area contributed by atoms with Crippen molar-refractivity contribution in [3.8, 4) is 0 Å². The zero-order valence-electron chi connectivity index (χ0n) is 17.4. The molecule has 7 heteroatoms. The number of aliphatic hydroxyl groups excluding tert-OH is 1. The van der Waals surface area contributed by atoms with Crippen LogP contribution in [-0.2, 0) is 14.3 Å². The Morgan fingerprint density at radius 2 is 1.71 bits per heavy atom. The maximum atomic E-state index is 13.2. The molecule has 0 saturated carbocycles. The Labute approximate surface area is 182 Å². The molecule has 2 fully saturated rings. The molecule has 2 aromatic carbocycles. The van der Waals surface area contributed by atoms with Crippen molar-refractivity contribution in [1.29, 1.82) is 0 Å². The van der Waals surface area contributed by atoms with Gasteiger partial charge in [-0.05, 0) is 37.1 Å². The Kier molecular flexibility index (Phi) is 6.96. The van der Waals surface area contributed by atoms with E-state index in [0.29, 0.717) is 18.4 Å². The number of rotatable bonds is 4. The lowest BCUT2D eigenvalue weighted by molar-refractivity contribution is -0.149. The number of nitrogens with one attached hydrogen (secondary N) is 1. The molecule has 164 valence electrons. The molecule has 0 bridgehead atoms. The number of hydrogen-bond donors (Lipinski definition) is 2. The van der Waals surface area contributed by atoms with Crippen molar-refractivity contribution in [2.45, 2.75) is 43.6 Å². The largest absolute Gasteiger partial charge is 0.389 e. The summed E-state index contributed by atoms with van der Waals surface area (Å²) in [5, 5.41) is 13.2. The lowest BCUT2D eigenvalue weighted by Gasteiger charge is -2.44. The SMILES string of the molecule is O=C(C[C@@H]1CC[C@@H]2[C@H](COC[C@H](O)CN2C(=O)c2ccccc2)O1)Nc1ccccc1. The fraction of sp³-hybridized carbons (Fsp3) is 0.417. The normalized spacial score (nSPS) is 26.3. The van der Waals surface area contributed by atoms with Crippen LogP contribution in [-0.4, -0.2) is 65.9 Å². The van der Waals surface area contributed by atoms with Gasteiger partial charge in [0, 0.05) is 17.8 Å². The topological polar surface area (TPSA) is 88.1 Å². The quantitative estimate of drug-likeness (QED) is 0.787. The van der Waals surface area contributed by atoms with Crippen molar-refractivity contribution >= 4 is 17.5 Å². The van der Waals surface area contributed by atoms with E-state index in [9.17, 15) is 14.7 Å². The first-order valence-electron chi connectivity index (χ1n) is 10.7. The standard InChI is InChI=1S/C24H28N2O5/c27-19-14-26(24(29)17-7-3-1-4-8-17)21-12-11-20(31-22(21)16-30-15-19)13-23(28)25-18-9-5-2-6-10-18/h1-10,19-22,27H,11-16H2,(H,25,28)/t19-,20+,21-,22+/m1/s1. The number of para-hydroxylation sites is 1. The summed E-state index contributed by atoms with van der Waals surface area (Å²) < 4.78 is 11.8. The van der Waals surface area contributed by atoms with Crippen LogP contribution in [0.5, 0.6) is 0 Å². The van der Waals surface area contributed by atoms with E-state index in [4.69, 9.17) is 9.47 Å². The van der Waals surface area contributed by atoms with E-state index < -0.39 is 6.10 Å². The Hall–Kier alpha value is -2.74. The van der Waals surface area contributed by atoms with E-state index in [-0.39, 0.29) is 56.2 Å². The summed E-state index contributed by atoms with van der Waals surface area (Å²) in [5.74, 6) is -0.227. The molecule has 7 nitrogen and oxygen atoms in total. The predicted molar refractivity (Wildman–Crippen MR) is 116 cm³/mol. The lowest BCUT2D eigenvalue weighted by Crippen LogP contribution is -2.57. The van der Waals surface area contributed by atoms with Gasteiger partial charge < -0.3 is 24.8 Å². The summed E-state index contributed by atoms with van der Waals surface area (Å²) in [7, 11) is 0. The monoisotopic (exact) mass is 424 g/mol. The van der Waals surface area contributed by atoms with E-state index in [1.54, 1.807) is 17.0 Å². The van der Waals surface area contributed by atoms with E-state index >= 15 is 0 Å². The van der Waals surface area contributed by atoms with Gasteiger partial charge in [0.05, 0.1) is 37.9 Å². The summed E-state index contributed by atoms with van der Waals surface area (Å²) >= 11 is 0. The molecule has 4 rings (SSSR count). The summed E-state index contributed by atoms with van der Waals surface area (Å²) in [6.07, 6.45) is 0.242. The van der Waals surface area contributed by atoms with Gasteiger partial charge >= 0.3 is 0 Å². The maximum Gasteiger partial charge on any atom is 0.254 e. The predicted octanol–water partition coefficient (Wildman–Crippen LogP) is 2.46. The van der Waals surface area contributed by atoms with Crippen LogP contribution in [0, 0.1) is 0 Å². The van der Waals surface area contributed by atoms with Crippen molar-refractivity contribution in [3.05, 3.63) is 66.2 Å². The highest BCUT2D eigenvalue weighted by atomic mass is 16.5. The highest BCUT2D eigenvalue weighted by molar-refractivity contribution is 5.94. The number of amides is 2. The smallest absolute Gasteiger partial charge is 0.254 e. The van der Waals surface area contributed by atoms with Gasteiger partial charge in [0.25, 0.3) is 5.91 Å². The molecule has 2 saturated heterocycles. The van der Waals surface area contributed by atoms with Crippen molar-refractivity contribution < 1.29 is 24.2 Å². The van der Waals surface area contributed by atoms with Crippen LogP contribution in [0.2, 0.25) is 0 Å². The number of nitrogens with zero attached hydrogens (tertiary/aromatic N) is 1. The summed E-state index contributed by atoms with van der Waals surface area (Å²) in [6, 6.07) is 18.2. The minimum absolute atomic E-state index is 0.103. The summed E-state index contributed by atoms with van der Waals surface area (Å²) in [4.78, 5) is 27.3. The lowest BCUT2D eigenvalue weighted by atomic mass is 9.94. The molecule has 2 aliphatic rings. The van der Waals surface area contributed by atoms with Gasteiger partial charge in [-0.3, -0.25) is 9.59 Å². The third-order valence-electron chi connectivity index (χ3n) is 5.73. The van der Waals surface area contributed by atoms with Gasteiger partial charge in [-0.25, -0.2) is 0 Å². The number of hydrogen-bond acceptors (Lipinski definition) is 5. The van der Waals surface area contributed by atoms with E-state index in [1.165, 1.54) is 0 Å². The molecular weight excluding hydrogens is 396 g/mol. The van der Waals surface area contributed by atoms with E-state index in [0.717, 1.165) is 5.69 Å². The Bertz CT molecular complexity index is 876. The van der Waals surface area contributed by atoms with Gasteiger partial charge in [-0.1, -0.05) is 36.4 Å². The number of anilines is 1. The van der Waals surface area contributed by atoms with Crippen LogP contribution < -0.4 is 5.32 Å². The Balaban J connectivity index is 1.43. The average molecular weight is 424 g/mol. The first-order chi connectivity index (χ1) is 15.1. The minimum Gasteiger partial charge on any atom is -0.389 e. The van der Waals surface area contributed by atoms with Crippen molar-refractivity contribution in [2.24, 2.45) is 0 Å². The van der Waals surface area contributed by atoms with E-state index in [1.807, 2.05) is 48.5 Å². The van der Waals surface area contributed by atoms with Crippen molar-refractivity contribution in [1.82, 2.24) is 4.90 Å². The molecule has 4 atom stereocenters. The maximum absolute atomic E-state index is 13.2. The zero-order valence-corrected chi connectivity index (χ0v) is 17.4. The minimum atomic E-state index is -0.747. The van der Waals surface area contributed by atoms with Gasteiger partial charge in [0.2, 0.25) is 5.91 Å². The van der Waals surface area contributed by atoms with Gasteiger partial charge in [0.15, 0.2) is 0 Å². The highest BCUT2D eigenvalue weighted by Crippen LogP contribution is 2.29. The first-order valence-corrected chi connectivity index (χ1v) is 10.7. The molecule has 0 aromatic heterocycles. The molecule has 2 amide bonds. The molecule has 2 aliphatic heterocycles. The second kappa shape index (κ2) is 10.0. The number of benzene rings is 2. The molecule has 2 N–H and O–H groups in total. The molecule has 0 spiro atoms. The molecule has 2 aromatic rings. The second-order valence-electron chi connectivity index (χ2n) is 8.07. The van der Waals surface area contributed by atoms with Crippen LogP contribution in [0.4, 0.5) is 5.69 Å². The number of carbonyl (C=O) groups is 2. The average Bonchev–Trinajstić information content (AvgIpc) is 2.77. The number of fused-ring (bicyclic) bond motifs is 1. The fourth-order valence-corrected chi connectivity index (χ4v) is 4.26. The molecule has 0 unspecified atom stereocenters. The number of carbonyl (C=O) groups excluding carboxylic acids is 2. The van der Waals surface area contributed by atoms with Crippen LogP contribution in [0.1, 0.15) is 29.6 Å². The summed E-state index contributed by atoms with van der Waals surface area (Å²) in [6.45, 7) is 0.610. The molecular formula is C24H28N2O5. The van der Waals surface area contributed by atoms with Gasteiger partial charge in [-0.2, -0.15) is 0 Å². The van der Waals surface area contributed by atoms with Crippen LogP contribution in [0.15, 0.2) is 60.7 Å². The third-order valence-corrected chi connectivity index (χ3v) is 5.73.